The van der Waals surface area contributed by atoms with Crippen LogP contribution < -0.4 is 14.4 Å². The first kappa shape index (κ1) is 21.2. The Morgan fingerprint density at radius 3 is 2.17 bits per heavy atom. The van der Waals surface area contributed by atoms with Crippen LogP contribution in [0.4, 0.5) is 5.69 Å². The number of hydrogen-bond acceptors (Lipinski definition) is 4. The second-order valence-electron chi connectivity index (χ2n) is 7.20. The van der Waals surface area contributed by atoms with Gasteiger partial charge in [0.15, 0.2) is 11.5 Å². The Bertz CT molecular complexity index is 945. The Hall–Kier alpha value is -3.47. The quantitative estimate of drug-likeness (QED) is 0.531. The zero-order chi connectivity index (χ0) is 21.3. The molecule has 0 aromatic heterocycles. The van der Waals surface area contributed by atoms with Crippen molar-refractivity contribution in [3.63, 3.8) is 0 Å². The molecule has 0 bridgehead atoms. The highest BCUT2D eigenvalue weighted by molar-refractivity contribution is 5.81. The van der Waals surface area contributed by atoms with E-state index in [4.69, 9.17) is 9.47 Å². The monoisotopic (exact) mass is 404 g/mol. The van der Waals surface area contributed by atoms with Crippen molar-refractivity contribution >= 4 is 11.6 Å². The van der Waals surface area contributed by atoms with E-state index in [1.165, 1.54) is 0 Å². The van der Waals surface area contributed by atoms with Gasteiger partial charge in [-0.15, -0.1) is 0 Å². The van der Waals surface area contributed by atoms with Gasteiger partial charge in [-0.2, -0.15) is 0 Å². The Morgan fingerprint density at radius 1 is 0.833 bits per heavy atom. The highest BCUT2D eigenvalue weighted by atomic mass is 16.5. The molecule has 0 N–H and O–H groups in total. The number of carbonyl (C=O) groups is 1. The molecule has 0 fully saturated rings. The van der Waals surface area contributed by atoms with Crippen molar-refractivity contribution in [3.05, 3.63) is 90.0 Å². The zero-order valence-corrected chi connectivity index (χ0v) is 17.7. The largest absolute Gasteiger partial charge is 0.493 e. The SMILES string of the molecule is COc1cc(CN(C)C(=O)CN(C)c2ccccc2)ccc1OCc1ccccc1. The lowest BCUT2D eigenvalue weighted by atomic mass is 10.2. The number of benzene rings is 3. The summed E-state index contributed by atoms with van der Waals surface area (Å²) in [7, 11) is 5.36. The van der Waals surface area contributed by atoms with E-state index in [1.54, 1.807) is 12.0 Å². The Kier molecular flexibility index (Phi) is 7.33. The van der Waals surface area contributed by atoms with Gasteiger partial charge >= 0.3 is 0 Å². The molecule has 0 heterocycles. The maximum absolute atomic E-state index is 12.6. The average molecular weight is 405 g/mol. The fraction of sp³-hybridized carbons (Fsp3) is 0.240. The number of nitrogens with zero attached hydrogens (tertiary/aromatic N) is 2. The minimum Gasteiger partial charge on any atom is -0.493 e. The third-order valence-electron chi connectivity index (χ3n) is 4.88. The molecule has 0 saturated heterocycles. The first-order chi connectivity index (χ1) is 14.6. The summed E-state index contributed by atoms with van der Waals surface area (Å²) in [6.45, 7) is 1.29. The number of amides is 1. The van der Waals surface area contributed by atoms with Crippen molar-refractivity contribution in [2.24, 2.45) is 0 Å². The highest BCUT2D eigenvalue weighted by Gasteiger charge is 2.14. The van der Waals surface area contributed by atoms with Crippen LogP contribution in [0.5, 0.6) is 11.5 Å². The predicted molar refractivity (Wildman–Crippen MR) is 120 cm³/mol. The minimum atomic E-state index is 0.0460. The van der Waals surface area contributed by atoms with Gasteiger partial charge in [-0.25, -0.2) is 0 Å². The van der Waals surface area contributed by atoms with Crippen LogP contribution in [0.2, 0.25) is 0 Å². The molecule has 0 aliphatic rings. The van der Waals surface area contributed by atoms with Crippen LogP contribution in [-0.2, 0) is 17.9 Å². The van der Waals surface area contributed by atoms with Crippen molar-refractivity contribution in [3.8, 4) is 11.5 Å². The Labute approximate surface area is 178 Å². The zero-order valence-electron chi connectivity index (χ0n) is 17.7. The van der Waals surface area contributed by atoms with Gasteiger partial charge in [0, 0.05) is 26.3 Å². The maximum Gasteiger partial charge on any atom is 0.242 e. The molecule has 0 aliphatic carbocycles. The van der Waals surface area contributed by atoms with Gasteiger partial charge in [0.05, 0.1) is 13.7 Å². The van der Waals surface area contributed by atoms with Crippen LogP contribution in [-0.4, -0.2) is 38.6 Å². The van der Waals surface area contributed by atoms with Crippen molar-refractivity contribution in [1.82, 2.24) is 4.90 Å². The molecule has 5 heteroatoms. The van der Waals surface area contributed by atoms with Crippen LogP contribution in [0.25, 0.3) is 0 Å². The van der Waals surface area contributed by atoms with Gasteiger partial charge in [-0.1, -0.05) is 54.6 Å². The van der Waals surface area contributed by atoms with Crippen molar-refractivity contribution in [2.75, 3.05) is 32.6 Å². The summed E-state index contributed by atoms with van der Waals surface area (Å²) in [5, 5.41) is 0. The third kappa shape index (κ3) is 5.77. The van der Waals surface area contributed by atoms with E-state index >= 15 is 0 Å². The smallest absolute Gasteiger partial charge is 0.242 e. The molecular weight excluding hydrogens is 376 g/mol. The van der Waals surface area contributed by atoms with Crippen LogP contribution in [0.3, 0.4) is 0 Å². The summed E-state index contributed by atoms with van der Waals surface area (Å²) in [6.07, 6.45) is 0. The molecule has 0 spiro atoms. The van der Waals surface area contributed by atoms with Gasteiger partial charge < -0.3 is 19.3 Å². The topological polar surface area (TPSA) is 42.0 Å². The first-order valence-corrected chi connectivity index (χ1v) is 9.90. The molecule has 0 radical (unpaired) electrons. The average Bonchev–Trinajstić information content (AvgIpc) is 2.79. The minimum absolute atomic E-state index is 0.0460. The normalized spacial score (nSPS) is 10.4. The standard InChI is InChI=1S/C25H28N2O3/c1-26(22-12-8-5-9-13-22)18-25(28)27(2)17-21-14-15-23(24(16-21)29-3)30-19-20-10-6-4-7-11-20/h4-16H,17-19H2,1-3H3. The summed E-state index contributed by atoms with van der Waals surface area (Å²) in [6, 6.07) is 25.7. The van der Waals surface area contributed by atoms with Crippen LogP contribution >= 0.6 is 0 Å². The molecule has 30 heavy (non-hydrogen) atoms. The molecule has 156 valence electrons. The van der Waals surface area contributed by atoms with E-state index in [2.05, 4.69) is 0 Å². The number of methoxy groups -OCH3 is 1. The number of rotatable bonds is 9. The molecule has 5 nitrogen and oxygen atoms in total. The molecule has 0 unspecified atom stereocenters. The number of likely N-dealkylation sites (N-methyl/N-ethyl adjacent to an activating group) is 2. The van der Waals surface area contributed by atoms with Gasteiger partial charge in [0.2, 0.25) is 5.91 Å². The number of carbonyl (C=O) groups excluding carboxylic acids is 1. The molecule has 0 aliphatic heterocycles. The predicted octanol–water partition coefficient (Wildman–Crippen LogP) is 4.37. The fourth-order valence-corrected chi connectivity index (χ4v) is 3.12. The van der Waals surface area contributed by atoms with Crippen LogP contribution in [0.1, 0.15) is 11.1 Å². The number of anilines is 1. The van der Waals surface area contributed by atoms with Gasteiger partial charge in [0.1, 0.15) is 6.61 Å². The molecular formula is C25H28N2O3. The summed E-state index contributed by atoms with van der Waals surface area (Å²) in [5.41, 5.74) is 3.09. The maximum atomic E-state index is 12.6. The van der Waals surface area contributed by atoms with E-state index in [0.29, 0.717) is 31.2 Å². The van der Waals surface area contributed by atoms with Gasteiger partial charge in [-0.3, -0.25) is 4.79 Å². The molecule has 0 atom stereocenters. The second kappa shape index (κ2) is 10.3. The summed E-state index contributed by atoms with van der Waals surface area (Å²) < 4.78 is 11.4. The molecule has 1 amide bonds. The fourth-order valence-electron chi connectivity index (χ4n) is 3.12. The number of hydrogen-bond donors (Lipinski definition) is 0. The van der Waals surface area contributed by atoms with Crippen molar-refractivity contribution in [1.29, 1.82) is 0 Å². The molecule has 3 rings (SSSR count). The van der Waals surface area contributed by atoms with E-state index in [9.17, 15) is 4.79 Å². The lowest BCUT2D eigenvalue weighted by Crippen LogP contribution is -2.36. The summed E-state index contributed by atoms with van der Waals surface area (Å²) >= 11 is 0. The van der Waals surface area contributed by atoms with Crippen LogP contribution in [0.15, 0.2) is 78.9 Å². The Morgan fingerprint density at radius 2 is 1.50 bits per heavy atom. The van der Waals surface area contributed by atoms with E-state index in [-0.39, 0.29) is 5.91 Å². The van der Waals surface area contributed by atoms with Gasteiger partial charge in [0.25, 0.3) is 0 Å². The first-order valence-electron chi connectivity index (χ1n) is 9.90. The highest BCUT2D eigenvalue weighted by Crippen LogP contribution is 2.29. The molecule has 3 aromatic carbocycles. The van der Waals surface area contributed by atoms with Crippen LogP contribution in [0, 0.1) is 0 Å². The summed E-state index contributed by atoms with van der Waals surface area (Å²) in [4.78, 5) is 16.3. The van der Waals surface area contributed by atoms with Crippen molar-refractivity contribution in [2.45, 2.75) is 13.2 Å². The second-order valence-corrected chi connectivity index (χ2v) is 7.20. The van der Waals surface area contributed by atoms with E-state index in [0.717, 1.165) is 16.8 Å². The van der Waals surface area contributed by atoms with E-state index < -0.39 is 0 Å². The molecule has 3 aromatic rings. The lowest BCUT2D eigenvalue weighted by Gasteiger charge is -2.23. The number of ether oxygens (including phenoxy) is 2. The van der Waals surface area contributed by atoms with Crippen molar-refractivity contribution < 1.29 is 14.3 Å². The molecule has 0 saturated carbocycles. The third-order valence-corrected chi connectivity index (χ3v) is 4.88. The Balaban J connectivity index is 1.59. The summed E-state index contributed by atoms with van der Waals surface area (Å²) in [5.74, 6) is 1.39. The van der Waals surface area contributed by atoms with E-state index in [1.807, 2.05) is 97.9 Å². The lowest BCUT2D eigenvalue weighted by molar-refractivity contribution is -0.128. The van der Waals surface area contributed by atoms with Gasteiger partial charge in [-0.05, 0) is 35.4 Å². The number of para-hydroxylation sites is 1.